The molecule has 1 rings (SSSR count). The van der Waals surface area contributed by atoms with Crippen molar-refractivity contribution in [2.75, 3.05) is 20.6 Å². The number of halogens is 1. The Labute approximate surface area is 104 Å². The fraction of sp³-hybridized carbons (Fsp3) is 0.300. The van der Waals surface area contributed by atoms with Gasteiger partial charge in [-0.15, -0.1) is 0 Å². The molecule has 0 aliphatic carbocycles. The molecular formula is C10H13BrN2O2S. The number of nitrogens with zero attached hydrogens (tertiary/aromatic N) is 2. The highest BCUT2D eigenvalue weighted by Crippen LogP contribution is 2.17. The van der Waals surface area contributed by atoms with Gasteiger partial charge >= 0.3 is 0 Å². The van der Waals surface area contributed by atoms with E-state index in [4.69, 9.17) is 0 Å². The second-order valence-electron chi connectivity index (χ2n) is 3.48. The van der Waals surface area contributed by atoms with Crippen molar-refractivity contribution in [3.05, 3.63) is 28.7 Å². The van der Waals surface area contributed by atoms with Gasteiger partial charge in [-0.05, 0) is 32.3 Å². The molecule has 88 valence electrons. The summed E-state index contributed by atoms with van der Waals surface area (Å²) < 4.78 is 27.8. The van der Waals surface area contributed by atoms with Gasteiger partial charge in [0.2, 0.25) is 0 Å². The maximum atomic E-state index is 11.7. The SMILES string of the molecule is CN(C)CC=NS(=O)(=O)c1cccc(Br)c1. The summed E-state index contributed by atoms with van der Waals surface area (Å²) in [7, 11) is 0.124. The van der Waals surface area contributed by atoms with E-state index in [1.165, 1.54) is 18.3 Å². The number of benzene rings is 1. The minimum absolute atomic E-state index is 0.192. The van der Waals surface area contributed by atoms with Crippen molar-refractivity contribution < 1.29 is 8.42 Å². The van der Waals surface area contributed by atoms with E-state index >= 15 is 0 Å². The second-order valence-corrected chi connectivity index (χ2v) is 6.03. The zero-order valence-corrected chi connectivity index (χ0v) is 11.5. The average Bonchev–Trinajstić information content (AvgIpc) is 2.16. The topological polar surface area (TPSA) is 49.7 Å². The molecule has 0 aliphatic rings. The van der Waals surface area contributed by atoms with E-state index in [1.807, 2.05) is 19.0 Å². The molecule has 0 heterocycles. The summed E-state index contributed by atoms with van der Waals surface area (Å²) in [6.07, 6.45) is 1.39. The highest BCUT2D eigenvalue weighted by atomic mass is 79.9. The molecule has 0 N–H and O–H groups in total. The summed E-state index contributed by atoms with van der Waals surface area (Å²) in [5, 5.41) is 0. The Hall–Kier alpha value is -0.720. The Bertz CT molecular complexity index is 483. The quantitative estimate of drug-likeness (QED) is 0.797. The van der Waals surface area contributed by atoms with Crippen LogP contribution in [0.2, 0.25) is 0 Å². The molecule has 1 aromatic carbocycles. The summed E-state index contributed by atoms with van der Waals surface area (Å²) >= 11 is 3.22. The maximum absolute atomic E-state index is 11.7. The molecule has 1 aromatic rings. The zero-order chi connectivity index (χ0) is 12.2. The molecule has 0 spiro atoms. The molecule has 0 bridgehead atoms. The fourth-order valence-corrected chi connectivity index (χ4v) is 2.44. The Morgan fingerprint density at radius 2 is 2.12 bits per heavy atom. The Kier molecular flexibility index (Phi) is 4.64. The third-order valence-corrected chi connectivity index (χ3v) is 3.52. The number of hydrogen-bond acceptors (Lipinski definition) is 3. The average molecular weight is 305 g/mol. The summed E-state index contributed by atoms with van der Waals surface area (Å²) in [5.41, 5.74) is 0. The van der Waals surface area contributed by atoms with Gasteiger partial charge in [0.05, 0.1) is 4.90 Å². The lowest BCUT2D eigenvalue weighted by Gasteiger charge is -2.03. The fourth-order valence-electron chi connectivity index (χ4n) is 0.983. The highest BCUT2D eigenvalue weighted by molar-refractivity contribution is 9.10. The van der Waals surface area contributed by atoms with Crippen LogP contribution in [0.3, 0.4) is 0 Å². The van der Waals surface area contributed by atoms with Gasteiger partial charge in [-0.25, -0.2) is 0 Å². The molecule has 0 atom stereocenters. The van der Waals surface area contributed by atoms with Crippen LogP contribution < -0.4 is 0 Å². The van der Waals surface area contributed by atoms with Gasteiger partial charge in [0, 0.05) is 17.2 Å². The van der Waals surface area contributed by atoms with Gasteiger partial charge in [0.1, 0.15) is 0 Å². The largest absolute Gasteiger partial charge is 0.304 e. The molecule has 0 aromatic heterocycles. The molecular weight excluding hydrogens is 292 g/mol. The van der Waals surface area contributed by atoms with Gasteiger partial charge in [0.15, 0.2) is 0 Å². The predicted molar refractivity (Wildman–Crippen MR) is 68.4 cm³/mol. The minimum atomic E-state index is -3.57. The van der Waals surface area contributed by atoms with Crippen LogP contribution in [0, 0.1) is 0 Å². The summed E-state index contributed by atoms with van der Waals surface area (Å²) in [6, 6.07) is 6.48. The highest BCUT2D eigenvalue weighted by Gasteiger charge is 2.11. The van der Waals surface area contributed by atoms with Crippen LogP contribution in [0.15, 0.2) is 38.0 Å². The third-order valence-electron chi connectivity index (χ3n) is 1.75. The molecule has 0 radical (unpaired) electrons. The number of hydrogen-bond donors (Lipinski definition) is 0. The molecule has 0 fully saturated rings. The zero-order valence-electron chi connectivity index (χ0n) is 9.09. The van der Waals surface area contributed by atoms with Gasteiger partial charge < -0.3 is 4.90 Å². The van der Waals surface area contributed by atoms with Crippen molar-refractivity contribution in [2.24, 2.45) is 4.40 Å². The van der Waals surface area contributed by atoms with Crippen LogP contribution in [0.5, 0.6) is 0 Å². The molecule has 0 saturated carbocycles. The van der Waals surface area contributed by atoms with Crippen LogP contribution >= 0.6 is 15.9 Å². The van der Waals surface area contributed by atoms with E-state index in [9.17, 15) is 8.42 Å². The van der Waals surface area contributed by atoms with Gasteiger partial charge in [-0.2, -0.15) is 12.8 Å². The van der Waals surface area contributed by atoms with Crippen molar-refractivity contribution in [1.29, 1.82) is 0 Å². The lowest BCUT2D eigenvalue weighted by molar-refractivity contribution is 0.473. The number of rotatable bonds is 4. The van der Waals surface area contributed by atoms with Crippen molar-refractivity contribution >= 4 is 32.2 Å². The summed E-state index contributed by atoms with van der Waals surface area (Å²) in [6.45, 7) is 0.493. The van der Waals surface area contributed by atoms with Crippen LogP contribution in [-0.2, 0) is 10.0 Å². The lowest BCUT2D eigenvalue weighted by atomic mass is 10.4. The van der Waals surface area contributed by atoms with E-state index in [1.54, 1.807) is 12.1 Å². The Morgan fingerprint density at radius 1 is 1.44 bits per heavy atom. The van der Waals surface area contributed by atoms with Crippen molar-refractivity contribution in [3.63, 3.8) is 0 Å². The first-order chi connectivity index (χ1) is 7.42. The summed E-state index contributed by atoms with van der Waals surface area (Å²) in [5.74, 6) is 0. The lowest BCUT2D eigenvalue weighted by Crippen LogP contribution is -2.14. The van der Waals surface area contributed by atoms with E-state index < -0.39 is 10.0 Å². The monoisotopic (exact) mass is 304 g/mol. The maximum Gasteiger partial charge on any atom is 0.282 e. The van der Waals surface area contributed by atoms with E-state index in [0.717, 1.165) is 4.47 Å². The van der Waals surface area contributed by atoms with E-state index in [0.29, 0.717) is 6.54 Å². The summed E-state index contributed by atoms with van der Waals surface area (Å²) in [4.78, 5) is 2.02. The molecule has 0 amide bonds. The number of sulfonamides is 1. The molecule has 16 heavy (non-hydrogen) atoms. The first kappa shape index (κ1) is 13.3. The van der Waals surface area contributed by atoms with Gasteiger partial charge in [0.25, 0.3) is 10.0 Å². The van der Waals surface area contributed by atoms with Crippen LogP contribution in [0.25, 0.3) is 0 Å². The third kappa shape index (κ3) is 4.03. The molecule has 0 aliphatic heterocycles. The Balaban J connectivity index is 2.90. The van der Waals surface area contributed by atoms with Crippen LogP contribution in [0.1, 0.15) is 0 Å². The molecule has 4 nitrogen and oxygen atoms in total. The molecule has 0 unspecified atom stereocenters. The van der Waals surface area contributed by atoms with Gasteiger partial charge in [-0.1, -0.05) is 22.0 Å². The van der Waals surface area contributed by atoms with Crippen molar-refractivity contribution in [1.82, 2.24) is 4.90 Å². The minimum Gasteiger partial charge on any atom is -0.304 e. The van der Waals surface area contributed by atoms with Gasteiger partial charge in [-0.3, -0.25) is 0 Å². The molecule has 0 saturated heterocycles. The predicted octanol–water partition coefficient (Wildman–Crippen LogP) is 1.77. The first-order valence-electron chi connectivity index (χ1n) is 4.61. The standard InChI is InChI=1S/C10H13BrN2O2S/c1-13(2)7-6-12-16(14,15)10-5-3-4-9(11)8-10/h3-6,8H,7H2,1-2H3. The van der Waals surface area contributed by atoms with Crippen molar-refractivity contribution in [2.45, 2.75) is 4.90 Å². The van der Waals surface area contributed by atoms with E-state index in [2.05, 4.69) is 20.3 Å². The first-order valence-corrected chi connectivity index (χ1v) is 6.84. The van der Waals surface area contributed by atoms with Crippen molar-refractivity contribution in [3.8, 4) is 0 Å². The normalized spacial score (nSPS) is 12.5. The van der Waals surface area contributed by atoms with Crippen LogP contribution in [0.4, 0.5) is 0 Å². The smallest absolute Gasteiger partial charge is 0.282 e. The van der Waals surface area contributed by atoms with Crippen LogP contribution in [-0.4, -0.2) is 40.2 Å². The Morgan fingerprint density at radius 3 is 2.69 bits per heavy atom. The van der Waals surface area contributed by atoms with E-state index in [-0.39, 0.29) is 4.90 Å². The second kappa shape index (κ2) is 5.56. The molecule has 6 heteroatoms.